The molecule has 0 spiro atoms. The van der Waals surface area contributed by atoms with Crippen molar-refractivity contribution < 1.29 is 37.1 Å². The van der Waals surface area contributed by atoms with E-state index in [-0.39, 0.29) is 30.4 Å². The van der Waals surface area contributed by atoms with Crippen molar-refractivity contribution in [2.24, 2.45) is 11.8 Å². The lowest BCUT2D eigenvalue weighted by Gasteiger charge is -2.29. The first kappa shape index (κ1) is 28.4. The molecule has 1 aliphatic heterocycles. The van der Waals surface area contributed by atoms with Gasteiger partial charge in [-0.3, -0.25) is 28.7 Å². The summed E-state index contributed by atoms with van der Waals surface area (Å²) in [5, 5.41) is 5.01. The Morgan fingerprint density at radius 2 is 1.89 bits per heavy atom. The number of aromatic nitrogens is 1. The maximum absolute atomic E-state index is 13.5. The quantitative estimate of drug-likeness (QED) is 0.453. The minimum Gasteiger partial charge on any atom is -0.344 e. The molecule has 4 atom stereocenters. The molecule has 0 bridgehead atoms. The number of pyridine rings is 1. The second kappa shape index (κ2) is 11.0. The molecule has 2 fully saturated rings. The highest BCUT2D eigenvalue weighted by Crippen LogP contribution is 2.42. The van der Waals surface area contributed by atoms with Crippen LogP contribution in [-0.2, 0) is 30.3 Å². The van der Waals surface area contributed by atoms with Gasteiger partial charge in [0.15, 0.2) is 5.78 Å². The van der Waals surface area contributed by atoms with Gasteiger partial charge in [0.25, 0.3) is 5.56 Å². The van der Waals surface area contributed by atoms with Crippen LogP contribution < -0.4 is 16.2 Å². The van der Waals surface area contributed by atoms with Crippen LogP contribution in [0, 0.1) is 11.8 Å². The van der Waals surface area contributed by atoms with Gasteiger partial charge in [0, 0.05) is 30.3 Å². The third-order valence-electron chi connectivity index (χ3n) is 6.51. The van der Waals surface area contributed by atoms with Crippen LogP contribution in [0.25, 0.3) is 0 Å². The van der Waals surface area contributed by atoms with Gasteiger partial charge < -0.3 is 20.5 Å². The van der Waals surface area contributed by atoms with Gasteiger partial charge in [-0.15, -0.1) is 13.2 Å². The van der Waals surface area contributed by atoms with E-state index in [9.17, 15) is 37.1 Å². The summed E-state index contributed by atoms with van der Waals surface area (Å²) in [6.45, 7) is 3.91. The lowest BCUT2D eigenvalue weighted by atomic mass is 9.93. The topological polar surface area (TPSA) is 138 Å². The number of hydrogen-bond donors (Lipinski definition) is 3. The number of ketones is 1. The fourth-order valence-electron chi connectivity index (χ4n) is 4.97. The number of amides is 3. The number of nitrogens with one attached hydrogen (secondary N) is 3. The number of fused-ring (bicyclic) bond motifs is 1. The molecule has 4 unspecified atom stereocenters. The molecule has 13 heteroatoms. The van der Waals surface area contributed by atoms with Crippen LogP contribution in [0.2, 0.25) is 0 Å². The number of likely N-dealkylation sites (tertiary alicyclic amines) is 1. The fraction of sp³-hybridized carbons (Fsp3) is 0.625. The molecule has 0 radical (unpaired) electrons. The average molecular weight is 529 g/mol. The van der Waals surface area contributed by atoms with E-state index in [2.05, 4.69) is 20.4 Å². The third kappa shape index (κ3) is 7.40. The Morgan fingerprint density at radius 1 is 1.19 bits per heavy atom. The molecule has 37 heavy (non-hydrogen) atoms. The van der Waals surface area contributed by atoms with Crippen LogP contribution >= 0.6 is 0 Å². The molecule has 1 saturated heterocycles. The largest absolute Gasteiger partial charge is 0.522 e. The first-order valence-electron chi connectivity index (χ1n) is 12.0. The number of halogens is 3. The van der Waals surface area contributed by atoms with Crippen molar-refractivity contribution in [1.82, 2.24) is 20.5 Å². The van der Waals surface area contributed by atoms with Crippen molar-refractivity contribution >= 4 is 23.5 Å². The number of rotatable bonds is 7. The van der Waals surface area contributed by atoms with Crippen LogP contribution in [0.5, 0.6) is 0 Å². The molecule has 1 saturated carbocycles. The van der Waals surface area contributed by atoms with Crippen molar-refractivity contribution in [1.29, 1.82) is 0 Å². The average Bonchev–Trinajstić information content (AvgIpc) is 3.37. The molecule has 3 amide bonds. The Morgan fingerprint density at radius 3 is 2.51 bits per heavy atom. The van der Waals surface area contributed by atoms with Crippen LogP contribution in [0.1, 0.15) is 45.6 Å². The number of Topliss-reactive ketones (excluding diaryl/α,β-unsaturated/α-hetero) is 1. The predicted octanol–water partition coefficient (Wildman–Crippen LogP) is 1.05. The molecule has 0 aromatic carbocycles. The Labute approximate surface area is 211 Å². The Bertz CT molecular complexity index is 1100. The summed E-state index contributed by atoms with van der Waals surface area (Å²) in [5.74, 6) is -3.95. The minimum absolute atomic E-state index is 0.0261. The fourth-order valence-corrected chi connectivity index (χ4v) is 4.97. The number of carbonyl (C=O) groups is 4. The van der Waals surface area contributed by atoms with Gasteiger partial charge in [0.05, 0.1) is 6.04 Å². The molecule has 204 valence electrons. The number of carbonyl (C=O) groups excluding carboxylic acids is 4. The first-order chi connectivity index (χ1) is 17.2. The summed E-state index contributed by atoms with van der Waals surface area (Å²) in [6, 6.07) is 0.240. The van der Waals surface area contributed by atoms with Gasteiger partial charge in [-0.05, 0) is 51.5 Å². The summed E-state index contributed by atoms with van der Waals surface area (Å²) in [5.41, 5.74) is -1.20. The molecular formula is C24H31F3N4O6. The maximum atomic E-state index is 13.5. The molecule has 1 aromatic heterocycles. The number of ether oxygens (including phenoxy) is 1. The van der Waals surface area contributed by atoms with Crippen molar-refractivity contribution in [3.63, 3.8) is 0 Å². The standard InChI is InChI=1S/C24H31F3N4O6/c1-23(2,3)30-21(35)22(36)31-11-14-6-4-8-15(14)18(31)20(34)29-16(17(32)12-37-24(25,26)27)10-13-7-5-9-28-19(13)33/h5,7,9,14-16,18H,4,6,8,10-12H2,1-3H3,(H,28,33)(H,29,34)(H,30,35). The lowest BCUT2D eigenvalue weighted by Crippen LogP contribution is -2.57. The monoisotopic (exact) mass is 528 g/mol. The van der Waals surface area contributed by atoms with Crippen LogP contribution in [0.4, 0.5) is 13.2 Å². The second-order valence-electron chi connectivity index (χ2n) is 10.5. The number of alkyl halides is 3. The SMILES string of the molecule is CC(C)(C)NC(=O)C(=O)N1CC2CCCC2C1C(=O)NC(Cc1ccc[nH]c1=O)C(=O)COC(F)(F)F. The highest BCUT2D eigenvalue weighted by atomic mass is 19.4. The smallest absolute Gasteiger partial charge is 0.344 e. The number of aromatic amines is 1. The molecule has 2 heterocycles. The summed E-state index contributed by atoms with van der Waals surface area (Å²) in [4.78, 5) is 67.4. The Hall–Kier alpha value is -3.22. The van der Waals surface area contributed by atoms with Crippen LogP contribution in [0.15, 0.2) is 23.1 Å². The Balaban J connectivity index is 1.84. The predicted molar refractivity (Wildman–Crippen MR) is 124 cm³/mol. The van der Waals surface area contributed by atoms with Crippen LogP contribution in [0.3, 0.4) is 0 Å². The second-order valence-corrected chi connectivity index (χ2v) is 10.5. The zero-order chi connectivity index (χ0) is 27.5. The summed E-state index contributed by atoms with van der Waals surface area (Å²) in [6.07, 6.45) is -1.93. The van der Waals surface area contributed by atoms with Crippen LogP contribution in [-0.4, -0.2) is 70.5 Å². The number of nitrogens with zero attached hydrogens (tertiary/aromatic N) is 1. The van der Waals surface area contributed by atoms with Gasteiger partial charge >= 0.3 is 18.2 Å². The van der Waals surface area contributed by atoms with Crippen molar-refractivity contribution in [3.8, 4) is 0 Å². The Kier molecular flexibility index (Phi) is 8.45. The van der Waals surface area contributed by atoms with Gasteiger partial charge in [-0.1, -0.05) is 12.5 Å². The highest BCUT2D eigenvalue weighted by molar-refractivity contribution is 6.35. The van der Waals surface area contributed by atoms with E-state index in [1.54, 1.807) is 20.8 Å². The molecule has 3 N–H and O–H groups in total. The zero-order valence-corrected chi connectivity index (χ0v) is 20.8. The molecule has 1 aliphatic carbocycles. The van der Waals surface area contributed by atoms with Crippen molar-refractivity contribution in [2.75, 3.05) is 13.2 Å². The summed E-state index contributed by atoms with van der Waals surface area (Å²) in [7, 11) is 0. The van der Waals surface area contributed by atoms with Gasteiger partial charge in [0.2, 0.25) is 5.91 Å². The lowest BCUT2D eigenvalue weighted by molar-refractivity contribution is -0.321. The van der Waals surface area contributed by atoms with E-state index < -0.39 is 59.7 Å². The van der Waals surface area contributed by atoms with Crippen molar-refractivity contribution in [3.05, 3.63) is 34.2 Å². The van der Waals surface area contributed by atoms with Gasteiger partial charge in [0.1, 0.15) is 12.6 Å². The molecule has 2 aliphatic rings. The zero-order valence-electron chi connectivity index (χ0n) is 20.8. The molecule has 1 aromatic rings. The maximum Gasteiger partial charge on any atom is 0.522 e. The third-order valence-corrected chi connectivity index (χ3v) is 6.51. The van der Waals surface area contributed by atoms with E-state index in [0.717, 1.165) is 12.8 Å². The van der Waals surface area contributed by atoms with Gasteiger partial charge in [-0.25, -0.2) is 0 Å². The summed E-state index contributed by atoms with van der Waals surface area (Å²) >= 11 is 0. The first-order valence-corrected chi connectivity index (χ1v) is 12.0. The normalized spacial score (nSPS) is 22.3. The molecule has 3 rings (SSSR count). The summed E-state index contributed by atoms with van der Waals surface area (Å²) < 4.78 is 41.3. The highest BCUT2D eigenvalue weighted by Gasteiger charge is 2.51. The molecular weight excluding hydrogens is 497 g/mol. The number of hydrogen-bond acceptors (Lipinski definition) is 6. The van der Waals surface area contributed by atoms with E-state index in [1.165, 1.54) is 23.2 Å². The van der Waals surface area contributed by atoms with E-state index in [1.807, 2.05) is 0 Å². The van der Waals surface area contributed by atoms with Gasteiger partial charge in [-0.2, -0.15) is 0 Å². The number of H-pyrrole nitrogens is 1. The minimum atomic E-state index is -5.07. The van der Waals surface area contributed by atoms with E-state index in [0.29, 0.717) is 6.42 Å². The molecule has 10 nitrogen and oxygen atoms in total. The van der Waals surface area contributed by atoms with Crippen molar-refractivity contribution in [2.45, 2.75) is 70.4 Å². The van der Waals surface area contributed by atoms with E-state index >= 15 is 0 Å². The van der Waals surface area contributed by atoms with E-state index in [4.69, 9.17) is 0 Å².